The fourth-order valence-electron chi connectivity index (χ4n) is 3.74. The van der Waals surface area contributed by atoms with Gasteiger partial charge in [0.05, 0.1) is 30.6 Å². The molecule has 9 nitrogen and oxygen atoms in total. The molecule has 0 aromatic carbocycles. The van der Waals surface area contributed by atoms with Gasteiger partial charge in [-0.25, -0.2) is 23.9 Å². The van der Waals surface area contributed by atoms with Gasteiger partial charge in [-0.1, -0.05) is 6.07 Å². The number of hydrogen-bond donors (Lipinski definition) is 3. The van der Waals surface area contributed by atoms with Crippen molar-refractivity contribution in [1.29, 1.82) is 0 Å². The van der Waals surface area contributed by atoms with E-state index < -0.39 is 30.1 Å². The lowest BCUT2D eigenvalue weighted by molar-refractivity contribution is -0.193. The third-order valence-electron chi connectivity index (χ3n) is 5.23. The number of aliphatic carboxylic acids is 2. The molecule has 2 unspecified atom stereocenters. The number of anilines is 1. The molecular formula is C21H23F7N4O5S. The largest absolute Gasteiger partial charge is 0.490 e. The molecule has 2 atom stereocenters. The van der Waals surface area contributed by atoms with Crippen LogP contribution in [0, 0.1) is 5.82 Å². The number of ether oxygens (including phenoxy) is 1. The van der Waals surface area contributed by atoms with E-state index in [2.05, 4.69) is 37.7 Å². The van der Waals surface area contributed by atoms with Crippen LogP contribution in [0.4, 0.5) is 36.7 Å². The Morgan fingerprint density at radius 1 is 1.13 bits per heavy atom. The molecule has 0 bridgehead atoms. The van der Waals surface area contributed by atoms with Gasteiger partial charge in [0.1, 0.15) is 0 Å². The first-order chi connectivity index (χ1) is 17.6. The monoisotopic (exact) mass is 576 g/mol. The lowest BCUT2D eigenvalue weighted by Gasteiger charge is -2.39. The Kier molecular flexibility index (Phi) is 10.8. The summed E-state index contributed by atoms with van der Waals surface area (Å²) in [7, 11) is 0. The van der Waals surface area contributed by atoms with E-state index in [4.69, 9.17) is 24.5 Å². The van der Waals surface area contributed by atoms with E-state index >= 15 is 0 Å². The Balaban J connectivity index is 0.000000301. The van der Waals surface area contributed by atoms with Crippen molar-refractivity contribution in [3.63, 3.8) is 0 Å². The Morgan fingerprint density at radius 3 is 2.21 bits per heavy atom. The van der Waals surface area contributed by atoms with E-state index in [1.54, 1.807) is 0 Å². The maximum atomic E-state index is 12.9. The van der Waals surface area contributed by atoms with Gasteiger partial charge in [-0.15, -0.1) is 11.3 Å². The number of hydrogen-bond acceptors (Lipinski definition) is 8. The van der Waals surface area contributed by atoms with E-state index in [1.165, 1.54) is 17.3 Å². The molecule has 212 valence electrons. The van der Waals surface area contributed by atoms with Crippen LogP contribution in [0.15, 0.2) is 29.9 Å². The number of nitrogens with one attached hydrogen (secondary N) is 1. The molecule has 38 heavy (non-hydrogen) atoms. The van der Waals surface area contributed by atoms with Crippen LogP contribution in [0.25, 0.3) is 0 Å². The first kappa shape index (κ1) is 31.2. The quantitative estimate of drug-likeness (QED) is 0.460. The highest BCUT2D eigenvalue weighted by atomic mass is 32.1. The molecule has 0 saturated carbocycles. The lowest BCUT2D eigenvalue weighted by atomic mass is 9.88. The molecule has 0 amide bonds. The van der Waals surface area contributed by atoms with Gasteiger partial charge in [-0.3, -0.25) is 4.90 Å². The smallest absolute Gasteiger partial charge is 0.475 e. The molecule has 3 N–H and O–H groups in total. The summed E-state index contributed by atoms with van der Waals surface area (Å²) >= 11 is 1.81. The van der Waals surface area contributed by atoms with Crippen LogP contribution < -0.4 is 5.32 Å². The average Bonchev–Trinajstić information content (AvgIpc) is 3.45. The Morgan fingerprint density at radius 2 is 1.71 bits per heavy atom. The van der Waals surface area contributed by atoms with E-state index in [0.29, 0.717) is 12.6 Å². The maximum absolute atomic E-state index is 12.9. The molecule has 2 aromatic heterocycles. The van der Waals surface area contributed by atoms with Gasteiger partial charge >= 0.3 is 24.3 Å². The van der Waals surface area contributed by atoms with Crippen molar-refractivity contribution in [3.05, 3.63) is 40.6 Å². The summed E-state index contributed by atoms with van der Waals surface area (Å²) in [4.78, 5) is 29.6. The van der Waals surface area contributed by atoms with E-state index in [0.717, 1.165) is 38.9 Å². The molecular weight excluding hydrogens is 553 g/mol. The van der Waals surface area contributed by atoms with Gasteiger partial charge < -0.3 is 20.3 Å². The Hall–Kier alpha value is -3.05. The summed E-state index contributed by atoms with van der Waals surface area (Å²) in [6.07, 6.45) is -4.61. The SMILES string of the molecule is Fc1cnc(NC2COC3(CCCN(Cc4cccs4)C3)C2)nc1.O=C(O)C(F)(F)F.O=C(O)C(F)(F)F. The predicted octanol–water partition coefficient (Wildman–Crippen LogP) is 4.18. The summed E-state index contributed by atoms with van der Waals surface area (Å²) in [6.45, 7) is 3.74. The number of nitrogens with zero attached hydrogens (tertiary/aromatic N) is 3. The van der Waals surface area contributed by atoms with Crippen molar-refractivity contribution in [1.82, 2.24) is 14.9 Å². The van der Waals surface area contributed by atoms with Gasteiger partial charge in [0, 0.05) is 24.4 Å². The van der Waals surface area contributed by atoms with Crippen LogP contribution in [-0.2, 0) is 20.9 Å². The number of rotatable bonds is 4. The highest BCUT2D eigenvalue weighted by Gasteiger charge is 2.43. The maximum Gasteiger partial charge on any atom is 0.490 e. The molecule has 2 aliphatic rings. The lowest BCUT2D eigenvalue weighted by Crippen LogP contribution is -2.47. The molecule has 2 saturated heterocycles. The molecule has 2 aromatic rings. The van der Waals surface area contributed by atoms with Gasteiger partial charge in [-0.2, -0.15) is 26.3 Å². The standard InChI is InChI=1S/C17H21FN4OS.2C2HF3O2/c18-13-8-19-16(20-9-13)21-14-7-17(23-11-14)4-2-5-22(12-17)10-15-3-1-6-24-15;2*3-2(4,5)1(6)7/h1,3,6,8-9,14H,2,4-5,7,10-12H2,(H,19,20,21);2*(H,6,7). The molecule has 4 heterocycles. The predicted molar refractivity (Wildman–Crippen MR) is 119 cm³/mol. The van der Waals surface area contributed by atoms with E-state index in [-0.39, 0.29) is 11.6 Å². The number of carboxylic acid groups (broad SMARTS) is 2. The minimum atomic E-state index is -5.08. The second kappa shape index (κ2) is 13.1. The number of piperidine rings is 1. The highest BCUT2D eigenvalue weighted by molar-refractivity contribution is 7.09. The normalized spacial score (nSPS) is 21.6. The summed E-state index contributed by atoms with van der Waals surface area (Å²) < 4.78 is 82.6. The van der Waals surface area contributed by atoms with Crippen molar-refractivity contribution in [3.8, 4) is 0 Å². The van der Waals surface area contributed by atoms with Crippen molar-refractivity contribution >= 4 is 29.2 Å². The number of likely N-dealkylation sites (tertiary alicyclic amines) is 1. The number of carboxylic acids is 2. The Labute approximate surface area is 215 Å². The van der Waals surface area contributed by atoms with Crippen LogP contribution in [0.5, 0.6) is 0 Å². The number of alkyl halides is 6. The molecule has 2 fully saturated rings. The van der Waals surface area contributed by atoms with Gasteiger partial charge in [0.25, 0.3) is 0 Å². The van der Waals surface area contributed by atoms with E-state index in [9.17, 15) is 30.7 Å². The molecule has 0 radical (unpaired) electrons. The topological polar surface area (TPSA) is 125 Å². The van der Waals surface area contributed by atoms with Crippen molar-refractivity contribution in [2.45, 2.75) is 49.8 Å². The van der Waals surface area contributed by atoms with Gasteiger partial charge in [0.2, 0.25) is 5.95 Å². The van der Waals surface area contributed by atoms with Crippen LogP contribution in [0.3, 0.4) is 0 Å². The Bertz CT molecular complexity index is 1010. The van der Waals surface area contributed by atoms with Crippen molar-refractivity contribution in [2.24, 2.45) is 0 Å². The van der Waals surface area contributed by atoms with E-state index in [1.807, 2.05) is 11.3 Å². The molecule has 2 aliphatic heterocycles. The first-order valence-corrected chi connectivity index (χ1v) is 11.7. The second-order valence-electron chi connectivity index (χ2n) is 8.26. The van der Waals surface area contributed by atoms with Gasteiger partial charge in [-0.05, 0) is 30.8 Å². The molecule has 0 aliphatic carbocycles. The van der Waals surface area contributed by atoms with Crippen LogP contribution in [-0.4, -0.2) is 80.7 Å². The zero-order valence-electron chi connectivity index (χ0n) is 19.4. The van der Waals surface area contributed by atoms with Crippen LogP contribution in [0.1, 0.15) is 24.1 Å². The third-order valence-corrected chi connectivity index (χ3v) is 6.09. The highest BCUT2D eigenvalue weighted by Crippen LogP contribution is 2.36. The zero-order chi connectivity index (χ0) is 28.6. The molecule has 1 spiro atoms. The minimum absolute atomic E-state index is 0.0762. The minimum Gasteiger partial charge on any atom is -0.475 e. The van der Waals surface area contributed by atoms with Crippen LogP contribution >= 0.6 is 11.3 Å². The average molecular weight is 576 g/mol. The van der Waals surface area contributed by atoms with Crippen molar-refractivity contribution in [2.75, 3.05) is 25.0 Å². The summed E-state index contributed by atoms with van der Waals surface area (Å²) in [6, 6.07) is 4.48. The fourth-order valence-corrected chi connectivity index (χ4v) is 4.49. The molecule has 17 heteroatoms. The number of carbonyl (C=O) groups is 2. The summed E-state index contributed by atoms with van der Waals surface area (Å²) in [5.74, 6) is -5.47. The summed E-state index contributed by atoms with van der Waals surface area (Å²) in [5.41, 5.74) is -0.0762. The number of aromatic nitrogens is 2. The number of halogens is 7. The first-order valence-electron chi connectivity index (χ1n) is 10.8. The van der Waals surface area contributed by atoms with Gasteiger partial charge in [0.15, 0.2) is 5.82 Å². The fraction of sp³-hybridized carbons (Fsp3) is 0.524. The summed E-state index contributed by atoms with van der Waals surface area (Å²) in [5, 5.41) is 19.6. The van der Waals surface area contributed by atoms with Crippen LogP contribution in [0.2, 0.25) is 0 Å². The molecule has 4 rings (SSSR count). The van der Waals surface area contributed by atoms with Crippen molar-refractivity contribution < 1.29 is 55.3 Å². The zero-order valence-corrected chi connectivity index (χ0v) is 20.2. The second-order valence-corrected chi connectivity index (χ2v) is 9.30. The third kappa shape index (κ3) is 10.4. The number of thiophene rings is 1.